The van der Waals surface area contributed by atoms with E-state index in [2.05, 4.69) is 12.6 Å². The monoisotopic (exact) mass is 1060 g/mol. The van der Waals surface area contributed by atoms with Crippen LogP contribution >= 0.6 is 12.6 Å². The highest BCUT2D eigenvalue weighted by Crippen LogP contribution is 2.40. The first kappa shape index (κ1) is 59.4. The molecule has 6 fully saturated rings. The van der Waals surface area contributed by atoms with Crippen molar-refractivity contribution < 1.29 is 149 Å². The molecule has 0 bridgehead atoms. The number of ether oxygens (including phenoxy) is 11. The van der Waals surface area contributed by atoms with Crippen molar-refractivity contribution in [2.45, 2.75) is 191 Å². The summed E-state index contributed by atoms with van der Waals surface area (Å²) in [7, 11) is 0. The average molecular weight is 1060 g/mol. The summed E-state index contributed by atoms with van der Waals surface area (Å²) in [5, 5.41) is 203. The summed E-state index contributed by atoms with van der Waals surface area (Å²) >= 11 is 4.18. The standard InChI is InChI=1S/C40H70O30S/c41-5-13-22(49)27(54)34(69-38-30(57)25(52)20(47)15(7-43)64-38)12(62-13)4-11-18(67-36(60-2-1-3-71)32(59)33(11)68-37-29(56)24(51)19(46)14(6-42)63-37)10-61-40-35(28(55)23(50)17(9-45)66-40)70-39-31(58)26(53)21(48)16(8-44)65-39/h11-59,71H,1-10H2/t11-,12+,13?,14?,15?,16?,17?,18?,19-,20-,21-,22-,23-,24+,25+,26+,27+,28+,29?,30?,31?,32?,33+,34?,35?,36+,37+,38+,39-,40-/m1/s1. The molecule has 6 aliphatic heterocycles. The summed E-state index contributed by atoms with van der Waals surface area (Å²) in [6.07, 6.45) is -53.9. The zero-order valence-corrected chi connectivity index (χ0v) is 38.7. The maximum absolute atomic E-state index is 12.1. The van der Waals surface area contributed by atoms with Crippen molar-refractivity contribution in [1.82, 2.24) is 0 Å². The Hall–Kier alpha value is -0.850. The van der Waals surface area contributed by atoms with Gasteiger partial charge in [0.1, 0.15) is 128 Å². The van der Waals surface area contributed by atoms with Crippen molar-refractivity contribution in [1.29, 1.82) is 0 Å². The second kappa shape index (κ2) is 26.5. The van der Waals surface area contributed by atoms with Gasteiger partial charge in [0, 0.05) is 5.92 Å². The molecule has 0 aromatic rings. The predicted molar refractivity (Wildman–Crippen MR) is 225 cm³/mol. The van der Waals surface area contributed by atoms with E-state index in [4.69, 9.17) is 52.1 Å². The van der Waals surface area contributed by atoms with E-state index in [0.717, 1.165) is 0 Å². The van der Waals surface area contributed by atoms with Crippen LogP contribution in [-0.2, 0) is 52.1 Å². The third-order valence-electron chi connectivity index (χ3n) is 13.5. The zero-order chi connectivity index (χ0) is 52.2. The molecular weight excluding hydrogens is 992 g/mol. The second-order valence-electron chi connectivity index (χ2n) is 18.2. The van der Waals surface area contributed by atoms with Gasteiger partial charge in [0.2, 0.25) is 0 Å². The highest BCUT2D eigenvalue weighted by Gasteiger charge is 2.57. The van der Waals surface area contributed by atoms with Gasteiger partial charge in [-0.2, -0.15) is 12.6 Å². The third-order valence-corrected chi connectivity index (χ3v) is 13.9. The summed E-state index contributed by atoms with van der Waals surface area (Å²) in [6, 6.07) is 0. The molecule has 19 N–H and O–H groups in total. The van der Waals surface area contributed by atoms with Gasteiger partial charge < -0.3 is 149 Å². The molecule has 0 aromatic carbocycles. The van der Waals surface area contributed by atoms with Crippen molar-refractivity contribution in [3.63, 3.8) is 0 Å². The van der Waals surface area contributed by atoms with Gasteiger partial charge in [0.05, 0.1) is 64.6 Å². The zero-order valence-electron chi connectivity index (χ0n) is 37.8. The largest absolute Gasteiger partial charge is 0.394 e. The number of hydrogen-bond acceptors (Lipinski definition) is 31. The van der Waals surface area contributed by atoms with Gasteiger partial charge in [0.25, 0.3) is 0 Å². The highest BCUT2D eigenvalue weighted by molar-refractivity contribution is 7.80. The first-order chi connectivity index (χ1) is 33.8. The molecule has 6 heterocycles. The molecule has 0 spiro atoms. The number of aliphatic hydroxyl groups excluding tert-OH is 19. The van der Waals surface area contributed by atoms with E-state index in [1.165, 1.54) is 0 Å². The van der Waals surface area contributed by atoms with Crippen LogP contribution in [0.25, 0.3) is 0 Å². The Labute approximate surface area is 409 Å². The lowest BCUT2D eigenvalue weighted by Crippen LogP contribution is -2.66. The van der Waals surface area contributed by atoms with E-state index in [1.54, 1.807) is 0 Å². The summed E-state index contributed by atoms with van der Waals surface area (Å²) in [5.74, 6) is -1.22. The van der Waals surface area contributed by atoms with Crippen LogP contribution in [0.4, 0.5) is 0 Å². The lowest BCUT2D eigenvalue weighted by molar-refractivity contribution is -0.378. The summed E-state index contributed by atoms with van der Waals surface area (Å²) < 4.78 is 64.6. The molecule has 416 valence electrons. The first-order valence-corrected chi connectivity index (χ1v) is 23.7. The third kappa shape index (κ3) is 13.0. The first-order valence-electron chi connectivity index (χ1n) is 23.1. The summed E-state index contributed by atoms with van der Waals surface area (Å²) in [4.78, 5) is 0. The molecule has 0 saturated carbocycles. The van der Waals surface area contributed by atoms with Crippen LogP contribution in [0.3, 0.4) is 0 Å². The minimum absolute atomic E-state index is 0.123. The van der Waals surface area contributed by atoms with E-state index in [9.17, 15) is 97.0 Å². The molecule has 0 radical (unpaired) electrons. The predicted octanol–water partition coefficient (Wildman–Crippen LogP) is -12.1. The van der Waals surface area contributed by atoms with Gasteiger partial charge in [-0.05, 0) is 18.6 Å². The fourth-order valence-electron chi connectivity index (χ4n) is 9.33. The summed E-state index contributed by atoms with van der Waals surface area (Å²) in [6.45, 7) is -5.47. The molecule has 0 amide bonds. The van der Waals surface area contributed by atoms with Crippen LogP contribution in [0.2, 0.25) is 0 Å². The lowest BCUT2D eigenvalue weighted by atomic mass is 9.81. The minimum atomic E-state index is -2.08. The maximum Gasteiger partial charge on any atom is 0.187 e. The lowest BCUT2D eigenvalue weighted by Gasteiger charge is -2.51. The Balaban J connectivity index is 1.39. The van der Waals surface area contributed by atoms with Crippen LogP contribution in [0.5, 0.6) is 0 Å². The average Bonchev–Trinajstić information content (AvgIpc) is 3.36. The molecule has 12 unspecified atom stereocenters. The number of rotatable bonds is 20. The molecule has 30 atom stereocenters. The number of aliphatic hydroxyl groups is 19. The van der Waals surface area contributed by atoms with Crippen LogP contribution < -0.4 is 0 Å². The van der Waals surface area contributed by atoms with Gasteiger partial charge in [-0.3, -0.25) is 0 Å². The van der Waals surface area contributed by atoms with Gasteiger partial charge in [-0.1, -0.05) is 0 Å². The van der Waals surface area contributed by atoms with E-state index >= 15 is 0 Å². The molecule has 0 aliphatic carbocycles. The smallest absolute Gasteiger partial charge is 0.187 e. The molecule has 6 rings (SSSR count). The molecule has 30 nitrogen and oxygen atoms in total. The molecule has 0 aromatic heterocycles. The molecular formula is C40H70O30S. The van der Waals surface area contributed by atoms with Gasteiger partial charge in [0.15, 0.2) is 31.5 Å². The minimum Gasteiger partial charge on any atom is -0.394 e. The van der Waals surface area contributed by atoms with Crippen molar-refractivity contribution >= 4 is 12.6 Å². The Bertz CT molecular complexity index is 1580. The van der Waals surface area contributed by atoms with Crippen molar-refractivity contribution in [3.8, 4) is 0 Å². The van der Waals surface area contributed by atoms with Crippen LogP contribution in [0.15, 0.2) is 0 Å². The fraction of sp³-hybridized carbons (Fsp3) is 1.00. The van der Waals surface area contributed by atoms with E-state index in [0.29, 0.717) is 0 Å². The quantitative estimate of drug-likeness (QED) is 0.0398. The topological polar surface area (TPSA) is 486 Å². The van der Waals surface area contributed by atoms with Crippen molar-refractivity contribution in [2.75, 3.05) is 52.0 Å². The Kier molecular flexibility index (Phi) is 22.1. The van der Waals surface area contributed by atoms with Gasteiger partial charge in [-0.15, -0.1) is 0 Å². The molecule has 6 aliphatic rings. The van der Waals surface area contributed by atoms with E-state index in [1.807, 2.05) is 0 Å². The Morgan fingerprint density at radius 3 is 1.13 bits per heavy atom. The van der Waals surface area contributed by atoms with Gasteiger partial charge in [-0.25, -0.2) is 0 Å². The van der Waals surface area contributed by atoms with E-state index < -0.39 is 230 Å². The van der Waals surface area contributed by atoms with Gasteiger partial charge >= 0.3 is 0 Å². The van der Waals surface area contributed by atoms with Crippen LogP contribution in [-0.4, -0.2) is 327 Å². The molecule has 31 heteroatoms. The Morgan fingerprint density at radius 2 is 0.690 bits per heavy atom. The number of hydrogen-bond donors (Lipinski definition) is 20. The Morgan fingerprint density at radius 1 is 0.324 bits per heavy atom. The van der Waals surface area contributed by atoms with Crippen molar-refractivity contribution in [2.24, 2.45) is 5.92 Å². The molecule has 71 heavy (non-hydrogen) atoms. The van der Waals surface area contributed by atoms with Crippen LogP contribution in [0, 0.1) is 5.92 Å². The fourth-order valence-corrected chi connectivity index (χ4v) is 9.46. The second-order valence-corrected chi connectivity index (χ2v) is 18.6. The van der Waals surface area contributed by atoms with Crippen LogP contribution in [0.1, 0.15) is 12.8 Å². The maximum atomic E-state index is 12.1. The normalized spacial score (nSPS) is 51.0. The SMILES string of the molecule is OCC1O[C@H](OC2[C@H](OCC3O[C@H](OCCCS)C(O)[C@@H](O[C@@H]4OC(CO)[C@@H](O)[C@H](O)C4O)[C@@H]3C[C@@H]3OC(CO)[C@@H](O)[C@H](O)C3O[C@@H]3OC(CO)[C@@H](O)[C@H](O)C3O)OC(CO)[C@@H](O)[C@@H]2O)C(O)[C@@H](O)[C@@H]1O. The molecule has 6 saturated heterocycles. The number of thiol groups is 1. The summed E-state index contributed by atoms with van der Waals surface area (Å²) in [5.41, 5.74) is 0. The highest BCUT2D eigenvalue weighted by atomic mass is 32.1. The van der Waals surface area contributed by atoms with E-state index in [-0.39, 0.29) is 18.8 Å². The van der Waals surface area contributed by atoms with Crippen molar-refractivity contribution in [3.05, 3.63) is 0 Å².